The third-order valence-corrected chi connectivity index (χ3v) is 7.67. The lowest BCUT2D eigenvalue weighted by atomic mass is 11.1. The van der Waals surface area contributed by atoms with Crippen molar-refractivity contribution in [3.63, 3.8) is 0 Å². The standard InChI is InChI=1S/C6H9S5/c1-7-4-5(8-2)11-6(9-3)10-4/h1-3H3/q+1. The van der Waals surface area contributed by atoms with E-state index in [9.17, 15) is 0 Å². The predicted octanol–water partition coefficient (Wildman–Crippen LogP) is 4.26. The largest absolute Gasteiger partial charge is 0.314 e. The fourth-order valence-electron chi connectivity index (χ4n) is 0.589. The van der Waals surface area contributed by atoms with Gasteiger partial charge in [0.1, 0.15) is 22.7 Å². The minimum atomic E-state index is 1.46. The predicted molar refractivity (Wildman–Crippen MR) is 61.9 cm³/mol. The highest BCUT2D eigenvalue weighted by Gasteiger charge is 2.20. The van der Waals surface area contributed by atoms with Gasteiger partial charge in [0, 0.05) is 0 Å². The van der Waals surface area contributed by atoms with Crippen LogP contribution in [0.4, 0.5) is 0 Å². The van der Waals surface area contributed by atoms with Crippen LogP contribution in [0.3, 0.4) is 0 Å². The zero-order valence-electron chi connectivity index (χ0n) is 6.54. The molecule has 0 saturated heterocycles. The summed E-state index contributed by atoms with van der Waals surface area (Å²) in [7, 11) is 0. The molecule has 0 nitrogen and oxygen atoms in total. The summed E-state index contributed by atoms with van der Waals surface area (Å²) < 4.78 is 4.39. The van der Waals surface area contributed by atoms with E-state index in [1.54, 1.807) is 0 Å². The molecule has 1 aromatic heterocycles. The Morgan fingerprint density at radius 2 is 1.82 bits per heavy atom. The summed E-state index contributed by atoms with van der Waals surface area (Å²) >= 11 is 9.36. The Labute approximate surface area is 88.2 Å². The quantitative estimate of drug-likeness (QED) is 0.573. The van der Waals surface area contributed by atoms with Crippen LogP contribution in [0.25, 0.3) is 0 Å². The molecule has 0 unspecified atom stereocenters. The molecule has 0 amide bonds. The molecule has 5 heteroatoms. The van der Waals surface area contributed by atoms with E-state index in [0.717, 1.165) is 0 Å². The first-order valence-electron chi connectivity index (χ1n) is 2.90. The highest BCUT2D eigenvalue weighted by Crippen LogP contribution is 2.44. The molecule has 11 heavy (non-hydrogen) atoms. The lowest BCUT2D eigenvalue weighted by molar-refractivity contribution is 1.54. The van der Waals surface area contributed by atoms with Crippen molar-refractivity contribution in [3.05, 3.63) is 0 Å². The first-order chi connectivity index (χ1) is 5.31. The Hall–Kier alpha value is 1.10. The number of hydrogen-bond donors (Lipinski definition) is 0. The number of thioether (sulfide) groups is 3. The van der Waals surface area contributed by atoms with Gasteiger partial charge in [-0.25, -0.2) is 0 Å². The summed E-state index contributed by atoms with van der Waals surface area (Å²) in [6.45, 7) is 0. The van der Waals surface area contributed by atoms with Gasteiger partial charge in [-0.2, -0.15) is 0 Å². The summed E-state index contributed by atoms with van der Waals surface area (Å²) in [4.78, 5) is 0. The van der Waals surface area contributed by atoms with E-state index in [-0.39, 0.29) is 0 Å². The molecule has 0 aromatic carbocycles. The van der Waals surface area contributed by atoms with Gasteiger partial charge in [0.05, 0.1) is 0 Å². The van der Waals surface area contributed by atoms with Gasteiger partial charge in [-0.1, -0.05) is 35.3 Å². The Kier molecular flexibility index (Phi) is 4.60. The molecule has 0 spiro atoms. The Morgan fingerprint density at radius 3 is 2.18 bits per heavy atom. The highest BCUT2D eigenvalue weighted by molar-refractivity contribution is 8.07. The number of hydrogen-bond acceptors (Lipinski definition) is 4. The van der Waals surface area contributed by atoms with Crippen LogP contribution in [0.15, 0.2) is 11.9 Å². The monoisotopic (exact) mass is 241 g/mol. The molecule has 0 aliphatic rings. The molecule has 1 heterocycles. The maximum absolute atomic E-state index is 2.14. The van der Waals surface area contributed by atoms with Crippen molar-refractivity contribution < 1.29 is 0 Å². The molecule has 0 aliphatic carbocycles. The summed E-state index contributed by atoms with van der Waals surface area (Å²) in [6.07, 6.45) is 6.42. The van der Waals surface area contributed by atoms with Crippen molar-refractivity contribution in [2.24, 2.45) is 0 Å². The average molecular weight is 241 g/mol. The zero-order chi connectivity index (χ0) is 8.27. The summed E-state index contributed by atoms with van der Waals surface area (Å²) in [5.41, 5.74) is 0. The van der Waals surface area contributed by atoms with Crippen LogP contribution in [-0.2, 0) is 0 Å². The molecule has 0 N–H and O–H groups in total. The summed E-state index contributed by atoms with van der Waals surface area (Å²) in [6, 6.07) is 0. The van der Waals surface area contributed by atoms with Gasteiger partial charge in [-0.05, 0) is 18.8 Å². The molecule has 0 aliphatic heterocycles. The van der Waals surface area contributed by atoms with E-state index in [2.05, 4.69) is 18.8 Å². The van der Waals surface area contributed by atoms with Crippen LogP contribution < -0.4 is 0 Å². The maximum atomic E-state index is 2.14. The molecule has 0 radical (unpaired) electrons. The van der Waals surface area contributed by atoms with Crippen LogP contribution in [0.1, 0.15) is 0 Å². The summed E-state index contributed by atoms with van der Waals surface area (Å²) in [5.74, 6) is 0. The molecule has 62 valence electrons. The van der Waals surface area contributed by atoms with Crippen molar-refractivity contribution in [1.82, 2.24) is 0 Å². The van der Waals surface area contributed by atoms with Gasteiger partial charge >= 0.3 is 3.52 Å². The van der Waals surface area contributed by atoms with E-state index in [1.165, 1.54) is 11.9 Å². The fourth-order valence-corrected chi connectivity index (χ4v) is 6.52. The minimum absolute atomic E-state index is 1.46. The molecular weight excluding hydrogens is 232 g/mol. The SMILES string of the molecule is CSc1sc(SC)c(SC)[s+]1. The molecule has 1 aromatic rings. The smallest absolute Gasteiger partial charge is 0.0907 e. The van der Waals surface area contributed by atoms with Gasteiger partial charge in [0.2, 0.25) is 8.42 Å². The summed E-state index contributed by atoms with van der Waals surface area (Å²) in [5, 5.41) is 0. The Balaban J connectivity index is 2.92. The van der Waals surface area contributed by atoms with Gasteiger partial charge < -0.3 is 0 Å². The second-order valence-corrected chi connectivity index (χ2v) is 7.42. The first kappa shape index (κ1) is 10.2. The van der Waals surface area contributed by atoms with Crippen molar-refractivity contribution in [1.29, 1.82) is 0 Å². The Bertz CT molecular complexity index is 207. The molecular formula is C6H9S5+. The van der Waals surface area contributed by atoms with Crippen molar-refractivity contribution >= 4 is 58.0 Å². The van der Waals surface area contributed by atoms with Gasteiger partial charge in [-0.3, -0.25) is 0 Å². The van der Waals surface area contributed by atoms with Crippen LogP contribution in [-0.4, -0.2) is 18.8 Å². The van der Waals surface area contributed by atoms with Gasteiger partial charge in [0.15, 0.2) is 0 Å². The highest BCUT2D eigenvalue weighted by atomic mass is 32.2. The second-order valence-electron chi connectivity index (χ2n) is 1.64. The maximum Gasteiger partial charge on any atom is 0.314 e. The van der Waals surface area contributed by atoms with Crippen LogP contribution >= 0.6 is 58.0 Å². The minimum Gasteiger partial charge on any atom is -0.0907 e. The topological polar surface area (TPSA) is 0 Å². The van der Waals surface area contributed by atoms with E-state index < -0.39 is 0 Å². The molecule has 0 saturated carbocycles. The molecule has 0 bridgehead atoms. The van der Waals surface area contributed by atoms with Gasteiger partial charge in [0.25, 0.3) is 0 Å². The molecule has 1 rings (SSSR count). The fraction of sp³-hybridized carbons (Fsp3) is 0.500. The first-order valence-corrected chi connectivity index (χ1v) is 8.21. The third kappa shape index (κ3) is 2.52. The average Bonchev–Trinajstić information content (AvgIpc) is 2.46. The van der Waals surface area contributed by atoms with E-state index in [0.29, 0.717) is 0 Å². The van der Waals surface area contributed by atoms with Crippen LogP contribution in [0.5, 0.6) is 0 Å². The molecule has 0 fully saturated rings. The van der Waals surface area contributed by atoms with Crippen LogP contribution in [0.2, 0.25) is 0 Å². The van der Waals surface area contributed by atoms with Gasteiger partial charge in [-0.15, -0.1) is 0 Å². The Morgan fingerprint density at radius 1 is 1.09 bits per heavy atom. The van der Waals surface area contributed by atoms with Crippen molar-refractivity contribution in [2.75, 3.05) is 18.8 Å². The third-order valence-electron chi connectivity index (χ3n) is 1.06. The molecule has 0 atom stereocenters. The van der Waals surface area contributed by atoms with Crippen LogP contribution in [0, 0.1) is 0 Å². The normalized spacial score (nSPS) is 10.5. The van der Waals surface area contributed by atoms with E-state index in [1.807, 2.05) is 58.0 Å². The zero-order valence-corrected chi connectivity index (χ0v) is 10.6. The lowest BCUT2D eigenvalue weighted by Crippen LogP contribution is -1.59. The van der Waals surface area contributed by atoms with Crippen molar-refractivity contribution in [3.8, 4) is 0 Å². The van der Waals surface area contributed by atoms with E-state index >= 15 is 0 Å². The lowest BCUT2D eigenvalue weighted by Gasteiger charge is -1.81. The second kappa shape index (κ2) is 4.97. The number of rotatable bonds is 3. The van der Waals surface area contributed by atoms with E-state index in [4.69, 9.17) is 0 Å². The van der Waals surface area contributed by atoms with Crippen molar-refractivity contribution in [2.45, 2.75) is 11.9 Å².